The maximum absolute atomic E-state index is 11.9. The highest BCUT2D eigenvalue weighted by molar-refractivity contribution is 5.91. The topological polar surface area (TPSA) is 69.2 Å². The molecule has 2 aromatic carbocycles. The summed E-state index contributed by atoms with van der Waals surface area (Å²) >= 11 is 0. The Hall–Kier alpha value is -2.90. The van der Waals surface area contributed by atoms with Gasteiger partial charge in [-0.05, 0) is 80.2 Å². The van der Waals surface area contributed by atoms with Gasteiger partial charge in [-0.3, -0.25) is 4.90 Å². The third-order valence-corrected chi connectivity index (χ3v) is 6.39. The molecule has 0 aromatic heterocycles. The van der Waals surface area contributed by atoms with Gasteiger partial charge in [-0.2, -0.15) is 0 Å². The minimum atomic E-state index is -0.359. The Balaban J connectivity index is 2.19. The van der Waals surface area contributed by atoms with Crippen LogP contribution in [0.15, 0.2) is 47.5 Å². The van der Waals surface area contributed by atoms with Crippen molar-refractivity contribution in [1.82, 2.24) is 9.80 Å². The third kappa shape index (κ3) is 12.2. The number of carbonyl (C=O) groups is 1. The molecule has 2 N–H and O–H groups in total. The zero-order valence-electron chi connectivity index (χ0n) is 25.3. The van der Waals surface area contributed by atoms with E-state index in [-0.39, 0.29) is 5.97 Å². The number of methoxy groups -OCH3 is 1. The molecule has 0 bridgehead atoms. The average Bonchev–Trinajstić information content (AvgIpc) is 2.90. The van der Waals surface area contributed by atoms with Gasteiger partial charge in [-0.15, -0.1) is 0 Å². The van der Waals surface area contributed by atoms with E-state index >= 15 is 0 Å². The molecule has 0 fully saturated rings. The first-order valence-corrected chi connectivity index (χ1v) is 14.5. The summed E-state index contributed by atoms with van der Waals surface area (Å²) in [4.78, 5) is 21.6. The van der Waals surface area contributed by atoms with Crippen LogP contribution in [0.2, 0.25) is 0 Å². The maximum atomic E-state index is 11.9. The molecule has 0 heterocycles. The number of esters is 1. The Labute approximate surface area is 237 Å². The summed E-state index contributed by atoms with van der Waals surface area (Å²) in [5, 5.41) is 6.85. The molecule has 39 heavy (non-hydrogen) atoms. The molecule has 0 radical (unpaired) electrons. The lowest BCUT2D eigenvalue weighted by molar-refractivity contribution is 0.0601. The summed E-state index contributed by atoms with van der Waals surface area (Å²) in [5.74, 6) is 0.888. The molecule has 7 heteroatoms. The second-order valence-corrected chi connectivity index (χ2v) is 11.0. The van der Waals surface area contributed by atoms with E-state index < -0.39 is 0 Å². The van der Waals surface area contributed by atoms with Gasteiger partial charge in [0.1, 0.15) is 0 Å². The average molecular weight is 538 g/mol. The summed E-state index contributed by atoms with van der Waals surface area (Å²) in [6.45, 7) is 20.9. The standard InChI is InChI=1S/C32H51N5O2/c1-8-17-36(9-2)18-11-16-33-31-19-27(23-37(21-25(3)4)22-26(5)6)14-15-30(31)35-24-34-29-13-10-12-28(20-29)32(38)39-7/h10,12-15,19-20,24-26,33H,8-9,11,16-18,21-23H2,1-7H3,(H,34,35). The lowest BCUT2D eigenvalue weighted by Crippen LogP contribution is -2.31. The fourth-order valence-electron chi connectivity index (χ4n) is 4.73. The second kappa shape index (κ2) is 17.6. The fraction of sp³-hybridized carbons (Fsp3) is 0.562. The van der Waals surface area contributed by atoms with E-state index in [0.29, 0.717) is 17.4 Å². The predicted octanol–water partition coefficient (Wildman–Crippen LogP) is 6.89. The van der Waals surface area contributed by atoms with Crippen LogP contribution < -0.4 is 10.6 Å². The maximum Gasteiger partial charge on any atom is 0.337 e. The number of aliphatic imine (C=N–C) groups is 1. The molecular formula is C32H51N5O2. The number of carbonyl (C=O) groups excluding carboxylic acids is 1. The molecule has 0 saturated carbocycles. The predicted molar refractivity (Wildman–Crippen MR) is 166 cm³/mol. The van der Waals surface area contributed by atoms with E-state index in [4.69, 9.17) is 9.73 Å². The van der Waals surface area contributed by atoms with Crippen LogP contribution in [0.4, 0.5) is 17.1 Å². The van der Waals surface area contributed by atoms with Crippen LogP contribution in [-0.4, -0.2) is 68.5 Å². The Kier molecular flexibility index (Phi) is 14.6. The molecule has 7 nitrogen and oxygen atoms in total. The number of hydrogen-bond donors (Lipinski definition) is 2. The summed E-state index contributed by atoms with van der Waals surface area (Å²) in [6.07, 6.45) is 3.94. The molecule has 0 aliphatic rings. The summed E-state index contributed by atoms with van der Waals surface area (Å²) in [7, 11) is 1.39. The zero-order valence-corrected chi connectivity index (χ0v) is 25.3. The van der Waals surface area contributed by atoms with Crippen molar-refractivity contribution in [3.63, 3.8) is 0 Å². The third-order valence-electron chi connectivity index (χ3n) is 6.39. The van der Waals surface area contributed by atoms with E-state index in [1.54, 1.807) is 18.5 Å². The minimum absolute atomic E-state index is 0.359. The minimum Gasteiger partial charge on any atom is -0.465 e. The molecule has 0 aliphatic carbocycles. The highest BCUT2D eigenvalue weighted by atomic mass is 16.5. The van der Waals surface area contributed by atoms with Gasteiger partial charge in [0.2, 0.25) is 0 Å². The van der Waals surface area contributed by atoms with E-state index in [9.17, 15) is 4.79 Å². The van der Waals surface area contributed by atoms with Crippen molar-refractivity contribution in [2.75, 3.05) is 57.0 Å². The number of nitrogens with one attached hydrogen (secondary N) is 2. The van der Waals surface area contributed by atoms with Crippen molar-refractivity contribution < 1.29 is 9.53 Å². The number of nitrogens with zero attached hydrogens (tertiary/aromatic N) is 3. The molecular weight excluding hydrogens is 486 g/mol. The zero-order chi connectivity index (χ0) is 28.6. The van der Waals surface area contributed by atoms with Crippen LogP contribution in [0, 0.1) is 11.8 Å². The largest absolute Gasteiger partial charge is 0.465 e. The van der Waals surface area contributed by atoms with Gasteiger partial charge in [0.05, 0.1) is 30.4 Å². The number of benzene rings is 2. The fourth-order valence-corrected chi connectivity index (χ4v) is 4.73. The molecule has 0 unspecified atom stereocenters. The Morgan fingerprint density at radius 1 is 1.00 bits per heavy atom. The van der Waals surface area contributed by atoms with Gasteiger partial charge in [0, 0.05) is 31.9 Å². The molecule has 0 aliphatic heterocycles. The second-order valence-electron chi connectivity index (χ2n) is 11.0. The van der Waals surface area contributed by atoms with Crippen LogP contribution >= 0.6 is 0 Å². The quantitative estimate of drug-likeness (QED) is 0.0934. The van der Waals surface area contributed by atoms with E-state index in [2.05, 4.69) is 80.2 Å². The summed E-state index contributed by atoms with van der Waals surface area (Å²) in [5.41, 5.74) is 4.50. The van der Waals surface area contributed by atoms with Crippen molar-refractivity contribution in [1.29, 1.82) is 0 Å². The number of hydrogen-bond acceptors (Lipinski definition) is 6. The first-order chi connectivity index (χ1) is 18.7. The summed E-state index contributed by atoms with van der Waals surface area (Å²) in [6, 6.07) is 13.7. The lowest BCUT2D eigenvalue weighted by atomic mass is 10.1. The van der Waals surface area contributed by atoms with E-state index in [1.807, 2.05) is 12.1 Å². The molecule has 0 spiro atoms. The monoisotopic (exact) mass is 537 g/mol. The van der Waals surface area contributed by atoms with E-state index in [0.717, 1.165) is 69.3 Å². The Morgan fingerprint density at radius 2 is 1.74 bits per heavy atom. The van der Waals surface area contributed by atoms with Gasteiger partial charge in [0.15, 0.2) is 0 Å². The van der Waals surface area contributed by atoms with Crippen LogP contribution in [0.1, 0.15) is 70.3 Å². The van der Waals surface area contributed by atoms with Crippen LogP contribution in [-0.2, 0) is 11.3 Å². The highest BCUT2D eigenvalue weighted by Crippen LogP contribution is 2.27. The van der Waals surface area contributed by atoms with Crippen molar-refractivity contribution in [2.45, 2.75) is 60.9 Å². The lowest BCUT2D eigenvalue weighted by Gasteiger charge is -2.26. The number of ether oxygens (including phenoxy) is 1. The molecule has 216 valence electrons. The van der Waals surface area contributed by atoms with Crippen LogP contribution in [0.3, 0.4) is 0 Å². The molecule has 0 amide bonds. The Bertz CT molecular complexity index is 1010. The van der Waals surface area contributed by atoms with Crippen molar-refractivity contribution in [2.24, 2.45) is 16.8 Å². The van der Waals surface area contributed by atoms with Crippen molar-refractivity contribution >= 4 is 29.4 Å². The highest BCUT2D eigenvalue weighted by Gasteiger charge is 2.12. The molecule has 0 atom stereocenters. The molecule has 2 rings (SSSR count). The first kappa shape index (κ1) is 32.3. The number of rotatable bonds is 18. The number of anilines is 2. The Morgan fingerprint density at radius 3 is 2.38 bits per heavy atom. The van der Waals surface area contributed by atoms with Crippen molar-refractivity contribution in [3.05, 3.63) is 53.6 Å². The van der Waals surface area contributed by atoms with Gasteiger partial charge >= 0.3 is 5.97 Å². The van der Waals surface area contributed by atoms with Gasteiger partial charge in [0.25, 0.3) is 0 Å². The van der Waals surface area contributed by atoms with Crippen LogP contribution in [0.25, 0.3) is 0 Å². The van der Waals surface area contributed by atoms with E-state index in [1.165, 1.54) is 19.1 Å². The molecule has 0 saturated heterocycles. The van der Waals surface area contributed by atoms with Gasteiger partial charge in [-0.25, -0.2) is 9.79 Å². The normalized spacial score (nSPS) is 11.8. The van der Waals surface area contributed by atoms with Gasteiger partial charge in [-0.1, -0.05) is 53.7 Å². The first-order valence-electron chi connectivity index (χ1n) is 14.5. The van der Waals surface area contributed by atoms with Gasteiger partial charge < -0.3 is 20.3 Å². The molecule has 2 aromatic rings. The van der Waals surface area contributed by atoms with Crippen LogP contribution in [0.5, 0.6) is 0 Å². The van der Waals surface area contributed by atoms with Crippen molar-refractivity contribution in [3.8, 4) is 0 Å². The summed E-state index contributed by atoms with van der Waals surface area (Å²) < 4.78 is 4.83. The SMILES string of the molecule is CCCN(CC)CCCNc1cc(CN(CC(C)C)CC(C)C)ccc1N=CNc1cccc(C(=O)OC)c1. The smallest absolute Gasteiger partial charge is 0.337 e.